The van der Waals surface area contributed by atoms with Crippen LogP contribution in [0.25, 0.3) is 0 Å². The molecule has 0 heterocycles. The minimum atomic E-state index is 0.650. The maximum absolute atomic E-state index is 4.48. The van der Waals surface area contributed by atoms with E-state index in [1.54, 1.807) is 0 Å². The number of hydrogen-bond acceptors (Lipinski definition) is 0. The van der Waals surface area contributed by atoms with Crippen molar-refractivity contribution >= 4 is 15.9 Å². The third-order valence-corrected chi connectivity index (χ3v) is 6.06. The largest absolute Gasteiger partial charge is 0.0887 e. The van der Waals surface area contributed by atoms with E-state index in [-0.39, 0.29) is 0 Å². The molecular weight excluding hydrogens is 272 g/mol. The zero-order valence-electron chi connectivity index (χ0n) is 11.2. The number of rotatable bonds is 4. The van der Waals surface area contributed by atoms with Gasteiger partial charge in [-0.05, 0) is 31.1 Å². The molecule has 0 N–H and O–H groups in total. The summed E-state index contributed by atoms with van der Waals surface area (Å²) in [6.45, 7) is 4.48. The molecule has 0 aromatic carbocycles. The van der Waals surface area contributed by atoms with Gasteiger partial charge in [0.25, 0.3) is 0 Å². The molecule has 2 rings (SSSR count). The van der Waals surface area contributed by atoms with E-state index in [9.17, 15) is 0 Å². The molecule has 2 unspecified atom stereocenters. The van der Waals surface area contributed by atoms with Gasteiger partial charge in [0.15, 0.2) is 0 Å². The molecule has 17 heavy (non-hydrogen) atoms. The Morgan fingerprint density at radius 1 is 0.882 bits per heavy atom. The van der Waals surface area contributed by atoms with Crippen LogP contribution in [-0.4, -0.2) is 4.83 Å². The summed E-state index contributed by atoms with van der Waals surface area (Å²) in [4.78, 5) is 0.675. The van der Waals surface area contributed by atoms with Crippen LogP contribution in [0.2, 0.25) is 0 Å². The Morgan fingerprint density at radius 2 is 1.41 bits per heavy atom. The first-order chi connectivity index (χ1) is 8.27. The van der Waals surface area contributed by atoms with Gasteiger partial charge in [-0.25, -0.2) is 0 Å². The van der Waals surface area contributed by atoms with E-state index in [0.29, 0.717) is 10.7 Å². The predicted molar refractivity (Wildman–Crippen MR) is 79.3 cm³/mol. The molecule has 2 fully saturated rings. The second-order valence-electron chi connectivity index (χ2n) is 6.32. The molecule has 1 radical (unpaired) electrons. The van der Waals surface area contributed by atoms with Crippen LogP contribution in [0.3, 0.4) is 0 Å². The molecule has 0 amide bonds. The molecule has 2 atom stereocenters. The van der Waals surface area contributed by atoms with Gasteiger partial charge in [0.05, 0.1) is 0 Å². The molecule has 0 aromatic heterocycles. The van der Waals surface area contributed by atoms with E-state index in [1.165, 1.54) is 70.6 Å². The Kier molecular flexibility index (Phi) is 5.86. The zero-order valence-corrected chi connectivity index (χ0v) is 12.8. The van der Waals surface area contributed by atoms with Gasteiger partial charge in [-0.2, -0.15) is 0 Å². The summed E-state index contributed by atoms with van der Waals surface area (Å²) in [6, 6.07) is 0. The first-order valence-corrected chi connectivity index (χ1v) is 8.66. The molecule has 2 aliphatic rings. The predicted octanol–water partition coefficient (Wildman–Crippen LogP) is 5.75. The van der Waals surface area contributed by atoms with Crippen LogP contribution in [0, 0.1) is 24.7 Å². The highest BCUT2D eigenvalue weighted by Crippen LogP contribution is 2.38. The van der Waals surface area contributed by atoms with Crippen molar-refractivity contribution in [2.75, 3.05) is 0 Å². The van der Waals surface area contributed by atoms with E-state index in [1.807, 2.05) is 0 Å². The van der Waals surface area contributed by atoms with Gasteiger partial charge in [-0.15, -0.1) is 0 Å². The van der Waals surface area contributed by atoms with Crippen LogP contribution < -0.4 is 0 Å². The van der Waals surface area contributed by atoms with Gasteiger partial charge in [0.1, 0.15) is 0 Å². The van der Waals surface area contributed by atoms with Crippen molar-refractivity contribution in [3.63, 3.8) is 0 Å². The van der Waals surface area contributed by atoms with Crippen LogP contribution in [-0.2, 0) is 0 Å². The van der Waals surface area contributed by atoms with E-state index < -0.39 is 0 Å². The molecule has 0 aromatic rings. The van der Waals surface area contributed by atoms with Crippen LogP contribution in [0.1, 0.15) is 70.6 Å². The Balaban J connectivity index is 1.75. The second kappa shape index (κ2) is 7.16. The first kappa shape index (κ1) is 13.9. The minimum absolute atomic E-state index is 0.650. The topological polar surface area (TPSA) is 0 Å². The van der Waals surface area contributed by atoms with Crippen LogP contribution in [0.4, 0.5) is 0 Å². The Morgan fingerprint density at radius 3 is 2.00 bits per heavy atom. The smallest absolute Gasteiger partial charge is 0.0179 e. The average molecular weight is 300 g/mol. The standard InChI is InChI=1S/C16H28Br/c1-13(15-10-6-3-7-11-15)16(17)12-14-8-4-2-5-9-14/h13-16H,1-12H2. The van der Waals surface area contributed by atoms with Crippen molar-refractivity contribution in [1.82, 2.24) is 0 Å². The number of hydrogen-bond donors (Lipinski definition) is 0. The molecule has 0 nitrogen and oxygen atoms in total. The summed E-state index contributed by atoms with van der Waals surface area (Å²) in [6.07, 6.45) is 15.9. The van der Waals surface area contributed by atoms with Gasteiger partial charge in [-0.1, -0.05) is 80.1 Å². The summed E-state index contributed by atoms with van der Waals surface area (Å²) >= 11 is 3.95. The SMILES string of the molecule is [CH2]C(C(Br)CC1CCCCC1)C1CCCCC1. The molecule has 0 aliphatic heterocycles. The van der Waals surface area contributed by atoms with Crippen molar-refractivity contribution in [2.45, 2.75) is 75.5 Å². The average Bonchev–Trinajstić information content (AvgIpc) is 2.40. The molecule has 0 saturated heterocycles. The Hall–Kier alpha value is 0.480. The zero-order chi connectivity index (χ0) is 12.1. The van der Waals surface area contributed by atoms with Crippen LogP contribution in [0.5, 0.6) is 0 Å². The van der Waals surface area contributed by atoms with Gasteiger partial charge >= 0.3 is 0 Å². The maximum Gasteiger partial charge on any atom is 0.0179 e. The van der Waals surface area contributed by atoms with Crippen molar-refractivity contribution in [3.8, 4) is 0 Å². The summed E-state index contributed by atoms with van der Waals surface area (Å²) in [5, 5.41) is 0. The van der Waals surface area contributed by atoms with Crippen molar-refractivity contribution in [1.29, 1.82) is 0 Å². The van der Waals surface area contributed by atoms with E-state index in [2.05, 4.69) is 22.9 Å². The van der Waals surface area contributed by atoms with Crippen molar-refractivity contribution in [3.05, 3.63) is 6.92 Å². The summed E-state index contributed by atoms with van der Waals surface area (Å²) in [5.41, 5.74) is 0. The number of alkyl halides is 1. The Bertz CT molecular complexity index is 202. The first-order valence-electron chi connectivity index (χ1n) is 7.74. The molecule has 2 aliphatic carbocycles. The summed E-state index contributed by atoms with van der Waals surface area (Å²) in [5.74, 6) is 2.54. The lowest BCUT2D eigenvalue weighted by Gasteiger charge is -2.33. The lowest BCUT2D eigenvalue weighted by atomic mass is 9.76. The molecule has 99 valence electrons. The van der Waals surface area contributed by atoms with Gasteiger partial charge in [0, 0.05) is 4.83 Å². The number of halogens is 1. The molecule has 2 saturated carbocycles. The van der Waals surface area contributed by atoms with Gasteiger partial charge in [-0.3, -0.25) is 0 Å². The second-order valence-corrected chi connectivity index (χ2v) is 7.49. The molecular formula is C16H28Br. The van der Waals surface area contributed by atoms with Crippen LogP contribution >= 0.6 is 15.9 Å². The lowest BCUT2D eigenvalue weighted by Crippen LogP contribution is -2.26. The highest BCUT2D eigenvalue weighted by atomic mass is 79.9. The molecule has 0 bridgehead atoms. The Labute approximate surface area is 116 Å². The monoisotopic (exact) mass is 299 g/mol. The molecule has 1 heteroatoms. The third kappa shape index (κ3) is 4.26. The van der Waals surface area contributed by atoms with Gasteiger partial charge in [0.2, 0.25) is 0 Å². The fraction of sp³-hybridized carbons (Fsp3) is 0.938. The molecule has 0 spiro atoms. The van der Waals surface area contributed by atoms with Gasteiger partial charge < -0.3 is 0 Å². The fourth-order valence-corrected chi connectivity index (χ4v) is 4.73. The van der Waals surface area contributed by atoms with Crippen LogP contribution in [0.15, 0.2) is 0 Å². The minimum Gasteiger partial charge on any atom is -0.0887 e. The fourth-order valence-electron chi connectivity index (χ4n) is 3.77. The van der Waals surface area contributed by atoms with E-state index in [4.69, 9.17) is 0 Å². The lowest BCUT2D eigenvalue weighted by molar-refractivity contribution is 0.253. The quantitative estimate of drug-likeness (QED) is 0.580. The normalized spacial score (nSPS) is 27.9. The highest BCUT2D eigenvalue weighted by molar-refractivity contribution is 9.09. The maximum atomic E-state index is 4.48. The summed E-state index contributed by atoms with van der Waals surface area (Å²) in [7, 11) is 0. The third-order valence-electron chi connectivity index (χ3n) is 5.00. The summed E-state index contributed by atoms with van der Waals surface area (Å²) < 4.78 is 0. The van der Waals surface area contributed by atoms with Crippen molar-refractivity contribution in [2.24, 2.45) is 17.8 Å². The van der Waals surface area contributed by atoms with E-state index >= 15 is 0 Å². The van der Waals surface area contributed by atoms with Crippen molar-refractivity contribution < 1.29 is 0 Å². The van der Waals surface area contributed by atoms with E-state index in [0.717, 1.165) is 11.8 Å². The highest BCUT2D eigenvalue weighted by Gasteiger charge is 2.27.